The summed E-state index contributed by atoms with van der Waals surface area (Å²) >= 11 is 0. The van der Waals surface area contributed by atoms with E-state index in [1.165, 1.54) is 70.6 Å². The van der Waals surface area contributed by atoms with E-state index in [-0.39, 0.29) is 12.5 Å². The molecule has 0 radical (unpaired) electrons. The molecule has 0 aromatic heterocycles. The normalized spacial score (nSPS) is 13.9. The lowest BCUT2D eigenvalue weighted by Crippen LogP contribution is -2.45. The summed E-state index contributed by atoms with van der Waals surface area (Å²) in [5, 5.41) is 22.6. The number of unbranched alkanes of at least 4 members (excludes halogenated alkanes) is 13. The first-order valence-electron chi connectivity index (χ1n) is 14.2. The van der Waals surface area contributed by atoms with E-state index in [0.717, 1.165) is 38.5 Å². The fourth-order valence-corrected chi connectivity index (χ4v) is 3.85. The summed E-state index contributed by atoms with van der Waals surface area (Å²) in [6.45, 7) is 4.20. The zero-order valence-electron chi connectivity index (χ0n) is 22.4. The lowest BCUT2D eigenvalue weighted by atomic mass is 10.1. The third-order valence-electron chi connectivity index (χ3n) is 6.10. The summed E-state index contributed by atoms with van der Waals surface area (Å²) in [4.78, 5) is 12.1. The second kappa shape index (κ2) is 26.2. The number of amides is 1. The van der Waals surface area contributed by atoms with E-state index in [0.29, 0.717) is 6.42 Å². The highest BCUT2D eigenvalue weighted by Gasteiger charge is 2.17. The number of hydrogen-bond acceptors (Lipinski definition) is 3. The van der Waals surface area contributed by atoms with Gasteiger partial charge in [-0.2, -0.15) is 0 Å². The molecule has 2 unspecified atom stereocenters. The highest BCUT2D eigenvalue weighted by molar-refractivity contribution is 5.76. The van der Waals surface area contributed by atoms with Crippen LogP contribution in [0.1, 0.15) is 129 Å². The van der Waals surface area contributed by atoms with Crippen molar-refractivity contribution in [3.05, 3.63) is 36.5 Å². The van der Waals surface area contributed by atoms with E-state index in [1.807, 2.05) is 6.08 Å². The van der Waals surface area contributed by atoms with Gasteiger partial charge in [-0.1, -0.05) is 115 Å². The van der Waals surface area contributed by atoms with Gasteiger partial charge >= 0.3 is 0 Å². The number of aliphatic hydroxyl groups excluding tert-OH is 2. The van der Waals surface area contributed by atoms with Crippen LogP contribution in [0.5, 0.6) is 0 Å². The van der Waals surface area contributed by atoms with E-state index in [4.69, 9.17) is 0 Å². The predicted octanol–water partition coefficient (Wildman–Crippen LogP) is 7.55. The first kappa shape index (κ1) is 32.6. The number of nitrogens with one attached hydrogen (secondary N) is 1. The Morgan fingerprint density at radius 2 is 1.15 bits per heavy atom. The summed E-state index contributed by atoms with van der Waals surface area (Å²) in [5.74, 6) is -0.0876. The predicted molar refractivity (Wildman–Crippen MR) is 147 cm³/mol. The monoisotopic (exact) mass is 477 g/mol. The van der Waals surface area contributed by atoms with Crippen LogP contribution >= 0.6 is 0 Å². The smallest absolute Gasteiger partial charge is 0.220 e. The van der Waals surface area contributed by atoms with Gasteiger partial charge < -0.3 is 15.5 Å². The van der Waals surface area contributed by atoms with Crippen LogP contribution in [0.15, 0.2) is 36.5 Å². The number of hydrogen-bond donors (Lipinski definition) is 3. The molecule has 0 aliphatic carbocycles. The molecule has 0 aromatic carbocycles. The van der Waals surface area contributed by atoms with Gasteiger partial charge in [0.15, 0.2) is 0 Å². The molecule has 4 nitrogen and oxygen atoms in total. The summed E-state index contributed by atoms with van der Waals surface area (Å²) in [6.07, 6.45) is 32.1. The summed E-state index contributed by atoms with van der Waals surface area (Å²) in [6, 6.07) is -0.637. The lowest BCUT2D eigenvalue weighted by molar-refractivity contribution is -0.123. The van der Waals surface area contributed by atoms with Crippen LogP contribution in [0.4, 0.5) is 0 Å². The van der Waals surface area contributed by atoms with Crippen LogP contribution in [0.2, 0.25) is 0 Å². The molecular formula is C30H55NO3. The molecule has 2 atom stereocenters. The molecule has 0 bridgehead atoms. The quantitative estimate of drug-likeness (QED) is 0.0992. The largest absolute Gasteiger partial charge is 0.394 e. The Hall–Kier alpha value is -1.39. The fraction of sp³-hybridized carbons (Fsp3) is 0.767. The Kier molecular flexibility index (Phi) is 25.1. The molecule has 4 heteroatoms. The van der Waals surface area contributed by atoms with Crippen molar-refractivity contribution in [3.8, 4) is 0 Å². The second-order valence-electron chi connectivity index (χ2n) is 9.45. The van der Waals surface area contributed by atoms with E-state index in [1.54, 1.807) is 6.08 Å². The van der Waals surface area contributed by atoms with E-state index in [2.05, 4.69) is 43.5 Å². The molecule has 3 N–H and O–H groups in total. The maximum Gasteiger partial charge on any atom is 0.220 e. The van der Waals surface area contributed by atoms with Gasteiger partial charge in [-0.15, -0.1) is 0 Å². The topological polar surface area (TPSA) is 69.6 Å². The highest BCUT2D eigenvalue weighted by Crippen LogP contribution is 2.10. The van der Waals surface area contributed by atoms with Crippen molar-refractivity contribution in [2.45, 2.75) is 142 Å². The molecule has 198 valence electrons. The second-order valence-corrected chi connectivity index (χ2v) is 9.45. The van der Waals surface area contributed by atoms with Gasteiger partial charge in [-0.3, -0.25) is 4.79 Å². The molecule has 0 heterocycles. The number of allylic oxidation sites excluding steroid dienone is 5. The van der Waals surface area contributed by atoms with Crippen LogP contribution in [0.25, 0.3) is 0 Å². The molecule has 34 heavy (non-hydrogen) atoms. The first-order valence-corrected chi connectivity index (χ1v) is 14.2. The van der Waals surface area contributed by atoms with Gasteiger partial charge in [-0.25, -0.2) is 0 Å². The standard InChI is InChI=1S/C30H55NO3/c1-3-5-7-9-11-13-14-15-16-17-18-19-21-23-25-29(33)28(27-32)31-30(34)26-24-22-20-12-10-8-6-4-2/h13-14,17-18,23,25,28-29,32-33H,3-12,15-16,19-22,24,26-27H2,1-2H3,(H,31,34)/b14-13+,18-17+,25-23+. The molecule has 0 saturated heterocycles. The van der Waals surface area contributed by atoms with Crippen molar-refractivity contribution in [1.29, 1.82) is 0 Å². The van der Waals surface area contributed by atoms with Crippen LogP contribution in [0, 0.1) is 0 Å². The maximum atomic E-state index is 12.1. The minimum atomic E-state index is -0.862. The van der Waals surface area contributed by atoms with Crippen molar-refractivity contribution >= 4 is 5.91 Å². The fourth-order valence-electron chi connectivity index (χ4n) is 3.85. The number of carbonyl (C=O) groups excluding carboxylic acids is 1. The van der Waals surface area contributed by atoms with E-state index < -0.39 is 12.1 Å². The first-order chi connectivity index (χ1) is 16.7. The zero-order chi connectivity index (χ0) is 25.1. The molecule has 1 amide bonds. The van der Waals surface area contributed by atoms with Crippen LogP contribution in [-0.4, -0.2) is 34.9 Å². The number of rotatable bonds is 24. The number of carbonyl (C=O) groups is 1. The van der Waals surface area contributed by atoms with Crippen molar-refractivity contribution < 1.29 is 15.0 Å². The van der Waals surface area contributed by atoms with E-state index in [9.17, 15) is 15.0 Å². The van der Waals surface area contributed by atoms with Crippen LogP contribution < -0.4 is 5.32 Å². The third-order valence-corrected chi connectivity index (χ3v) is 6.10. The Balaban J connectivity index is 3.82. The maximum absolute atomic E-state index is 12.1. The molecule has 0 aromatic rings. The van der Waals surface area contributed by atoms with Gasteiger partial charge in [-0.05, 0) is 44.9 Å². The van der Waals surface area contributed by atoms with Gasteiger partial charge in [0.05, 0.1) is 18.8 Å². The Morgan fingerprint density at radius 1 is 0.676 bits per heavy atom. The molecule has 0 saturated carbocycles. The van der Waals surface area contributed by atoms with E-state index >= 15 is 0 Å². The molecule has 0 spiro atoms. The SMILES string of the molecule is CCCCCC/C=C/CC/C=C/CC/C=C/C(O)C(CO)NC(=O)CCCCCCCCCC. The summed E-state index contributed by atoms with van der Waals surface area (Å²) < 4.78 is 0. The minimum Gasteiger partial charge on any atom is -0.394 e. The Morgan fingerprint density at radius 3 is 1.71 bits per heavy atom. The average Bonchev–Trinajstić information content (AvgIpc) is 2.84. The van der Waals surface area contributed by atoms with Crippen molar-refractivity contribution in [1.82, 2.24) is 5.32 Å². The molecule has 0 fully saturated rings. The van der Waals surface area contributed by atoms with Crippen LogP contribution in [0.3, 0.4) is 0 Å². The summed E-state index contributed by atoms with van der Waals surface area (Å²) in [5.41, 5.74) is 0. The van der Waals surface area contributed by atoms with Gasteiger partial charge in [0, 0.05) is 6.42 Å². The van der Waals surface area contributed by atoms with Crippen molar-refractivity contribution in [2.75, 3.05) is 6.61 Å². The van der Waals surface area contributed by atoms with Crippen molar-refractivity contribution in [2.24, 2.45) is 0 Å². The van der Waals surface area contributed by atoms with Crippen LogP contribution in [-0.2, 0) is 4.79 Å². The Bertz CT molecular complexity index is 527. The lowest BCUT2D eigenvalue weighted by Gasteiger charge is -2.19. The average molecular weight is 478 g/mol. The third kappa shape index (κ3) is 22.4. The number of aliphatic hydroxyl groups is 2. The van der Waals surface area contributed by atoms with Gasteiger partial charge in [0.1, 0.15) is 0 Å². The highest BCUT2D eigenvalue weighted by atomic mass is 16.3. The molecular weight excluding hydrogens is 422 g/mol. The van der Waals surface area contributed by atoms with Crippen molar-refractivity contribution in [3.63, 3.8) is 0 Å². The zero-order valence-corrected chi connectivity index (χ0v) is 22.4. The minimum absolute atomic E-state index is 0.0876. The molecule has 0 rings (SSSR count). The Labute approximate surface area is 211 Å². The van der Waals surface area contributed by atoms with Gasteiger partial charge in [0.25, 0.3) is 0 Å². The van der Waals surface area contributed by atoms with Gasteiger partial charge in [0.2, 0.25) is 5.91 Å². The molecule has 0 aliphatic heterocycles. The molecule has 0 aliphatic rings. The summed E-state index contributed by atoms with van der Waals surface area (Å²) in [7, 11) is 0.